The molecule has 0 bridgehead atoms. The van der Waals surface area contributed by atoms with Crippen LogP contribution in [-0.2, 0) is 0 Å². The van der Waals surface area contributed by atoms with Gasteiger partial charge in [-0.25, -0.2) is 17.6 Å². The van der Waals surface area contributed by atoms with Gasteiger partial charge in [-0.15, -0.1) is 0 Å². The molecule has 0 saturated heterocycles. The van der Waals surface area contributed by atoms with Crippen molar-refractivity contribution in [2.45, 2.75) is 285 Å². The van der Waals surface area contributed by atoms with Crippen LogP contribution in [0.1, 0.15) is 178 Å². The SMILES string of the molecule is CCCC[P+](CCCC)(CCCC)C(F)(F)C(F)(F)C(F)(F)C(F)(F)C(F)(F)C(F)F.CCCC[P+](CCCC)(CCCC)CC(F)(F)C(F)(F)C(F)(F)C(F)(F)C(F)(F)C(F)(F)F.CCCC[P+](CCCC)(CCCC)CC(F)(F)C(F)(F)C(F)(F)C(F)(F)C(F)(F)C(F)F. The van der Waals surface area contributed by atoms with Crippen LogP contribution in [0.4, 0.5) is 162 Å². The molecular formula is C56H87F37P3+3. The maximum atomic E-state index is 15.2. The van der Waals surface area contributed by atoms with Crippen LogP contribution in [0.5, 0.6) is 0 Å². The van der Waals surface area contributed by atoms with E-state index >= 15 is 8.78 Å². The van der Waals surface area contributed by atoms with E-state index < -0.39 is 160 Å². The summed E-state index contributed by atoms with van der Waals surface area (Å²) in [6.45, 7) is 14.5. The quantitative estimate of drug-likeness (QED) is 0.0421. The van der Waals surface area contributed by atoms with E-state index in [2.05, 4.69) is 0 Å². The van der Waals surface area contributed by atoms with E-state index in [9.17, 15) is 154 Å². The summed E-state index contributed by atoms with van der Waals surface area (Å²) in [5.74, 6) is -99.7. The van der Waals surface area contributed by atoms with Gasteiger partial charge in [0.05, 0.1) is 62.7 Å². The monoisotopic (exact) mass is 1560 g/mol. The lowest BCUT2D eigenvalue weighted by atomic mass is 9.94. The minimum Gasteiger partial charge on any atom is -0.203 e. The number of halogens is 37. The largest absolute Gasteiger partial charge is 0.460 e. The summed E-state index contributed by atoms with van der Waals surface area (Å²) in [5, 5.41) is 0. The highest BCUT2D eigenvalue weighted by atomic mass is 31.2. The molecule has 0 aromatic heterocycles. The molecule has 582 valence electrons. The predicted molar refractivity (Wildman–Crippen MR) is 301 cm³/mol. The van der Waals surface area contributed by atoms with Crippen LogP contribution in [0.25, 0.3) is 0 Å². The van der Waals surface area contributed by atoms with Crippen LogP contribution in [0.3, 0.4) is 0 Å². The molecule has 96 heavy (non-hydrogen) atoms. The molecule has 0 aliphatic heterocycles. The molecule has 0 heterocycles. The van der Waals surface area contributed by atoms with Crippen LogP contribution in [0.2, 0.25) is 0 Å². The molecule has 0 aliphatic carbocycles. The molecule has 0 saturated carbocycles. The summed E-state index contributed by atoms with van der Waals surface area (Å²) < 4.78 is 504. The summed E-state index contributed by atoms with van der Waals surface area (Å²) in [7, 11) is -10.7. The molecule has 0 amide bonds. The zero-order valence-electron chi connectivity index (χ0n) is 54.0. The van der Waals surface area contributed by atoms with Gasteiger partial charge in [0.25, 0.3) is 0 Å². The lowest BCUT2D eigenvalue weighted by Crippen LogP contribution is -2.70. The number of hydrogen-bond donors (Lipinski definition) is 0. The molecule has 0 atom stereocenters. The highest BCUT2D eigenvalue weighted by molar-refractivity contribution is 7.77. The van der Waals surface area contributed by atoms with E-state index in [-0.39, 0.29) is 94.8 Å². The molecule has 0 aromatic carbocycles. The van der Waals surface area contributed by atoms with E-state index in [1.807, 2.05) is 0 Å². The third kappa shape index (κ3) is 20.8. The van der Waals surface area contributed by atoms with Gasteiger partial charge in [-0.3, -0.25) is 0 Å². The Hall–Kier alpha value is -1.30. The lowest BCUT2D eigenvalue weighted by molar-refractivity contribution is -0.438. The van der Waals surface area contributed by atoms with Crippen molar-refractivity contribution in [1.82, 2.24) is 0 Å². The molecule has 0 unspecified atom stereocenters. The van der Waals surface area contributed by atoms with Gasteiger partial charge < -0.3 is 0 Å². The van der Waals surface area contributed by atoms with Crippen molar-refractivity contribution < 1.29 is 162 Å². The molecule has 0 aromatic rings. The van der Waals surface area contributed by atoms with Crippen molar-refractivity contribution in [3.63, 3.8) is 0 Å². The third-order valence-corrected chi connectivity index (χ3v) is 30.9. The minimum absolute atomic E-state index is 0.0182. The topological polar surface area (TPSA) is 0 Å². The van der Waals surface area contributed by atoms with Crippen LogP contribution in [-0.4, -0.2) is 175 Å². The Balaban J connectivity index is -0.00000135. The summed E-state index contributed by atoms with van der Waals surface area (Å²) in [4.78, 5) is 0. The van der Waals surface area contributed by atoms with Gasteiger partial charge in [0.2, 0.25) is 0 Å². The Morgan fingerprint density at radius 3 is 0.583 bits per heavy atom. The average molecular weight is 1560 g/mol. The lowest BCUT2D eigenvalue weighted by Gasteiger charge is -2.43. The molecule has 0 aliphatic rings. The first-order valence-corrected chi connectivity index (χ1v) is 38.1. The van der Waals surface area contributed by atoms with Crippen LogP contribution in [0, 0.1) is 0 Å². The number of unbranched alkanes of at least 4 members (excludes halogenated alkanes) is 9. The Labute approximate surface area is 536 Å². The fourth-order valence-corrected chi connectivity index (χ4v) is 25.2. The van der Waals surface area contributed by atoms with Crippen LogP contribution < -0.4 is 0 Å². The summed E-state index contributed by atoms with van der Waals surface area (Å²) in [6, 6.07) is 0. The fourth-order valence-electron chi connectivity index (χ4n) is 9.89. The van der Waals surface area contributed by atoms with Crippen LogP contribution in [0.15, 0.2) is 0 Å². The second kappa shape index (κ2) is 36.9. The minimum atomic E-state index is -7.83. The first kappa shape index (κ1) is 98.9. The Bertz CT molecular complexity index is 2120. The van der Waals surface area contributed by atoms with Crippen molar-refractivity contribution in [2.24, 2.45) is 0 Å². The van der Waals surface area contributed by atoms with Gasteiger partial charge >= 0.3 is 108 Å². The molecule has 0 N–H and O–H groups in total. The molecule has 0 spiro atoms. The van der Waals surface area contributed by atoms with Gasteiger partial charge in [0.15, 0.2) is 0 Å². The third-order valence-electron chi connectivity index (χ3n) is 16.2. The zero-order chi connectivity index (χ0) is 77.2. The van der Waals surface area contributed by atoms with Crippen molar-refractivity contribution in [2.75, 3.05) is 67.8 Å². The number of alkyl halides is 37. The fraction of sp³-hybridized carbons (Fsp3) is 1.00. The maximum absolute atomic E-state index is 15.2. The molecule has 40 heteroatoms. The molecule has 0 radical (unpaired) electrons. The molecular weight excluding hydrogens is 1470 g/mol. The number of rotatable bonds is 46. The Kier molecular flexibility index (Phi) is 38.0. The van der Waals surface area contributed by atoms with Crippen molar-refractivity contribution in [3.8, 4) is 0 Å². The van der Waals surface area contributed by atoms with Crippen LogP contribution >= 0.6 is 21.8 Å². The Morgan fingerprint density at radius 1 is 0.219 bits per heavy atom. The van der Waals surface area contributed by atoms with E-state index in [1.165, 1.54) is 20.8 Å². The average Bonchev–Trinajstić information content (AvgIpc) is 0.720. The van der Waals surface area contributed by atoms with Gasteiger partial charge in [0, 0.05) is 14.5 Å². The normalized spacial score (nSPS) is 15.1. The highest BCUT2D eigenvalue weighted by Gasteiger charge is 2.94. The van der Waals surface area contributed by atoms with E-state index in [4.69, 9.17) is 0 Å². The standard InChI is InChI=1S/C19H29F13P.C19H30F12P.C18H28F12P/c1-4-7-10-33(11-8-5-2,12-9-6-3)13-14(20,21)15(22,23)16(24,25)17(26,27)18(28,29)19(30,31)32;1-4-7-10-32(11-8-5-2,12-9-6-3)13-15(22,23)17(26,27)19(30,31)18(28,29)16(24,25)14(20)21;1-4-7-10-31(11-8-5-2,12-9-6-3)18(29,30)17(27,28)16(25,26)15(23,24)14(21,22)13(19)20/h4-13H2,1-3H3;14H,4-13H2,1-3H3;13H,4-12H2,1-3H3/q3*+1. The van der Waals surface area contributed by atoms with E-state index in [1.54, 1.807) is 41.5 Å². The predicted octanol–water partition coefficient (Wildman–Crippen LogP) is 26.8. The van der Waals surface area contributed by atoms with Crippen molar-refractivity contribution in [3.05, 3.63) is 0 Å². The summed E-state index contributed by atoms with van der Waals surface area (Å²) >= 11 is 0. The van der Waals surface area contributed by atoms with Gasteiger partial charge in [-0.2, -0.15) is 145 Å². The first-order chi connectivity index (χ1) is 42.8. The summed E-state index contributed by atoms with van der Waals surface area (Å²) in [5.41, 5.74) is -5.77. The van der Waals surface area contributed by atoms with Gasteiger partial charge in [-0.05, 0) is 57.8 Å². The zero-order valence-corrected chi connectivity index (χ0v) is 56.7. The molecule has 0 fully saturated rings. The first-order valence-electron chi connectivity index (χ1n) is 30.7. The summed E-state index contributed by atoms with van der Waals surface area (Å²) in [6.07, 6.45) is -19.4. The highest BCUT2D eigenvalue weighted by Crippen LogP contribution is 2.78. The van der Waals surface area contributed by atoms with E-state index in [0.29, 0.717) is 57.8 Å². The van der Waals surface area contributed by atoms with Gasteiger partial charge in [-0.1, -0.05) is 120 Å². The van der Waals surface area contributed by atoms with Crippen molar-refractivity contribution >= 4 is 21.8 Å². The van der Waals surface area contributed by atoms with Crippen molar-refractivity contribution in [1.29, 1.82) is 0 Å². The molecule has 0 nitrogen and oxygen atoms in total. The van der Waals surface area contributed by atoms with Gasteiger partial charge in [0.1, 0.15) is 12.3 Å². The smallest absolute Gasteiger partial charge is 0.203 e. The molecule has 0 rings (SSSR count). The van der Waals surface area contributed by atoms with E-state index in [0.717, 1.165) is 0 Å². The second-order valence-electron chi connectivity index (χ2n) is 23.9. The maximum Gasteiger partial charge on any atom is 0.460 e. The second-order valence-corrected chi connectivity index (χ2v) is 36.8. The number of hydrogen-bond acceptors (Lipinski definition) is 0. The Morgan fingerprint density at radius 2 is 0.396 bits per heavy atom.